The van der Waals surface area contributed by atoms with Crippen LogP contribution in [0.4, 0.5) is 17.1 Å². The Bertz CT molecular complexity index is 3370. The Labute approximate surface area is 364 Å². The molecule has 0 atom stereocenters. The van der Waals surface area contributed by atoms with E-state index in [-0.39, 0.29) is 10.8 Å². The molecule has 0 spiro atoms. The minimum absolute atomic E-state index is 0.0465. The minimum atomic E-state index is -0.0948. The number of para-hydroxylation sites is 1. The van der Waals surface area contributed by atoms with E-state index in [0.29, 0.717) is 0 Å². The number of fused-ring (bicyclic) bond motifs is 9. The van der Waals surface area contributed by atoms with E-state index in [2.05, 4.69) is 243 Å². The summed E-state index contributed by atoms with van der Waals surface area (Å²) < 4.78 is 2.45. The summed E-state index contributed by atoms with van der Waals surface area (Å²) in [4.78, 5) is 2.40. The lowest BCUT2D eigenvalue weighted by molar-refractivity contribution is 0.660. The quantitative estimate of drug-likeness (QED) is 0.163. The predicted octanol–water partition coefficient (Wildman–Crippen LogP) is 16.2. The zero-order chi connectivity index (χ0) is 41.7. The average molecular weight is 795 g/mol. The van der Waals surface area contributed by atoms with E-state index < -0.39 is 0 Å². The van der Waals surface area contributed by atoms with Gasteiger partial charge in [0.1, 0.15) is 0 Å². The molecule has 0 amide bonds. The molecule has 2 heteroatoms. The number of rotatable bonds is 6. The molecule has 0 bridgehead atoms. The van der Waals surface area contributed by atoms with Crippen molar-refractivity contribution >= 4 is 38.9 Å². The van der Waals surface area contributed by atoms with Crippen LogP contribution in [0.25, 0.3) is 72.0 Å². The minimum Gasteiger partial charge on any atom is -0.310 e. The molecule has 296 valence electrons. The van der Waals surface area contributed by atoms with E-state index in [9.17, 15) is 0 Å². The highest BCUT2D eigenvalue weighted by Gasteiger charge is 2.37. The Kier molecular flexibility index (Phi) is 7.96. The molecular formula is C60H46N2. The van der Waals surface area contributed by atoms with Crippen molar-refractivity contribution in [1.29, 1.82) is 0 Å². The molecule has 0 fully saturated rings. The average Bonchev–Trinajstić information content (AvgIpc) is 3.85. The molecule has 2 aliphatic carbocycles. The van der Waals surface area contributed by atoms with Crippen molar-refractivity contribution < 1.29 is 0 Å². The molecule has 10 aromatic rings. The van der Waals surface area contributed by atoms with Gasteiger partial charge in [-0.25, -0.2) is 0 Å². The van der Waals surface area contributed by atoms with Gasteiger partial charge in [-0.05, 0) is 133 Å². The molecule has 0 aliphatic heterocycles. The van der Waals surface area contributed by atoms with Crippen molar-refractivity contribution in [3.05, 3.63) is 229 Å². The zero-order valence-electron chi connectivity index (χ0n) is 35.5. The monoisotopic (exact) mass is 794 g/mol. The Hall–Kier alpha value is -7.42. The molecule has 62 heavy (non-hydrogen) atoms. The van der Waals surface area contributed by atoms with Crippen molar-refractivity contribution in [1.82, 2.24) is 4.57 Å². The van der Waals surface area contributed by atoms with Crippen LogP contribution in [0.2, 0.25) is 0 Å². The summed E-state index contributed by atoms with van der Waals surface area (Å²) in [7, 11) is 0. The van der Waals surface area contributed by atoms with Gasteiger partial charge >= 0.3 is 0 Å². The Morgan fingerprint density at radius 1 is 0.323 bits per heavy atom. The van der Waals surface area contributed by atoms with Gasteiger partial charge in [-0.15, -0.1) is 0 Å². The molecule has 9 aromatic carbocycles. The van der Waals surface area contributed by atoms with E-state index in [1.54, 1.807) is 0 Å². The highest BCUT2D eigenvalue weighted by molar-refractivity contribution is 6.11. The number of anilines is 3. The van der Waals surface area contributed by atoms with Crippen LogP contribution in [0.15, 0.2) is 206 Å². The lowest BCUT2D eigenvalue weighted by atomic mass is 9.82. The molecule has 0 N–H and O–H groups in total. The van der Waals surface area contributed by atoms with Crippen LogP contribution in [0.5, 0.6) is 0 Å². The van der Waals surface area contributed by atoms with Crippen LogP contribution in [0.1, 0.15) is 49.9 Å². The maximum absolute atomic E-state index is 2.46. The third-order valence-electron chi connectivity index (χ3n) is 14.0. The van der Waals surface area contributed by atoms with Crippen molar-refractivity contribution in [2.75, 3.05) is 4.90 Å². The molecule has 0 saturated carbocycles. The van der Waals surface area contributed by atoms with Gasteiger partial charge in [-0.2, -0.15) is 0 Å². The Balaban J connectivity index is 0.919. The molecule has 1 aromatic heterocycles. The summed E-state index contributed by atoms with van der Waals surface area (Å²) in [5.74, 6) is 0. The summed E-state index contributed by atoms with van der Waals surface area (Å²) in [6.07, 6.45) is 0. The van der Waals surface area contributed by atoms with Crippen molar-refractivity contribution in [3.63, 3.8) is 0 Å². The molecule has 1 heterocycles. The van der Waals surface area contributed by atoms with Gasteiger partial charge in [0.25, 0.3) is 0 Å². The summed E-state index contributed by atoms with van der Waals surface area (Å²) in [5, 5.41) is 2.59. The summed E-state index contributed by atoms with van der Waals surface area (Å²) in [5.41, 5.74) is 22.6. The van der Waals surface area contributed by atoms with Gasteiger partial charge in [-0.1, -0.05) is 167 Å². The van der Waals surface area contributed by atoms with E-state index in [4.69, 9.17) is 0 Å². The fourth-order valence-corrected chi connectivity index (χ4v) is 10.8. The first-order chi connectivity index (χ1) is 30.3. The first-order valence-electron chi connectivity index (χ1n) is 21.8. The van der Waals surface area contributed by atoms with E-state index in [0.717, 1.165) is 22.7 Å². The second-order valence-electron chi connectivity index (χ2n) is 18.2. The first kappa shape index (κ1) is 36.4. The lowest BCUT2D eigenvalue weighted by Gasteiger charge is -2.28. The van der Waals surface area contributed by atoms with Gasteiger partial charge < -0.3 is 9.47 Å². The van der Waals surface area contributed by atoms with E-state index in [1.807, 2.05) is 0 Å². The second kappa shape index (κ2) is 13.5. The van der Waals surface area contributed by atoms with Crippen LogP contribution in [0, 0.1) is 0 Å². The highest BCUT2D eigenvalue weighted by Crippen LogP contribution is 2.52. The molecule has 0 unspecified atom stereocenters. The normalized spacial score (nSPS) is 14.1. The van der Waals surface area contributed by atoms with Crippen molar-refractivity contribution in [2.24, 2.45) is 0 Å². The third kappa shape index (κ3) is 5.43. The molecule has 0 radical (unpaired) electrons. The van der Waals surface area contributed by atoms with Gasteiger partial charge in [0.05, 0.1) is 11.0 Å². The maximum atomic E-state index is 2.46. The van der Waals surface area contributed by atoms with Crippen LogP contribution < -0.4 is 4.90 Å². The maximum Gasteiger partial charge on any atom is 0.0547 e. The van der Waals surface area contributed by atoms with Gasteiger partial charge in [0.2, 0.25) is 0 Å². The predicted molar refractivity (Wildman–Crippen MR) is 261 cm³/mol. The van der Waals surface area contributed by atoms with Crippen LogP contribution in [-0.4, -0.2) is 4.57 Å². The third-order valence-corrected chi connectivity index (χ3v) is 14.0. The van der Waals surface area contributed by atoms with Gasteiger partial charge in [-0.3, -0.25) is 0 Å². The number of nitrogens with zero attached hydrogens (tertiary/aromatic N) is 2. The molecule has 0 saturated heterocycles. The first-order valence-corrected chi connectivity index (χ1v) is 21.8. The Morgan fingerprint density at radius 2 is 0.790 bits per heavy atom. The number of hydrogen-bond donors (Lipinski definition) is 0. The fourth-order valence-electron chi connectivity index (χ4n) is 10.8. The molecule has 2 aliphatic rings. The lowest BCUT2D eigenvalue weighted by Crippen LogP contribution is -2.16. The zero-order valence-corrected chi connectivity index (χ0v) is 35.5. The van der Waals surface area contributed by atoms with Gasteiger partial charge in [0, 0.05) is 44.4 Å². The fraction of sp³-hybridized carbons (Fsp3) is 0.100. The van der Waals surface area contributed by atoms with Gasteiger partial charge in [0.15, 0.2) is 0 Å². The largest absolute Gasteiger partial charge is 0.310 e. The highest BCUT2D eigenvalue weighted by atomic mass is 15.1. The van der Waals surface area contributed by atoms with E-state index >= 15 is 0 Å². The standard InChI is InChI=1S/C60H46N2/c1-59(2)53-19-11-8-16-47(53)49-35-34-46(36-55(49)59)61(43-28-22-40(23-29-43)39-14-6-5-7-15-39)44-30-24-41(25-31-44)42-26-32-45(33-27-42)62-57-21-13-10-18-50(57)52-37-56-51(38-58(52)62)48-17-9-12-20-54(48)60(56,3)4/h5-38H,1-4H3. The Morgan fingerprint density at radius 3 is 1.42 bits per heavy atom. The van der Waals surface area contributed by atoms with Crippen molar-refractivity contribution in [2.45, 2.75) is 38.5 Å². The summed E-state index contributed by atoms with van der Waals surface area (Å²) in [6.45, 7) is 9.43. The van der Waals surface area contributed by atoms with Crippen LogP contribution in [-0.2, 0) is 10.8 Å². The molecule has 2 nitrogen and oxygen atoms in total. The van der Waals surface area contributed by atoms with Crippen molar-refractivity contribution in [3.8, 4) is 50.2 Å². The van der Waals surface area contributed by atoms with Crippen LogP contribution >= 0.6 is 0 Å². The molecular weight excluding hydrogens is 749 g/mol. The number of hydrogen-bond acceptors (Lipinski definition) is 1. The topological polar surface area (TPSA) is 8.17 Å². The summed E-state index contributed by atoms with van der Waals surface area (Å²) in [6, 6.07) is 76.4. The SMILES string of the molecule is CC1(C)c2ccccc2-c2ccc(N(c3ccc(-c4ccccc4)cc3)c3ccc(-c4ccc(-n5c6ccccc6c6cc7c(cc65)-c5ccccc5C7(C)C)cc4)cc3)cc21. The second-order valence-corrected chi connectivity index (χ2v) is 18.2. The van der Waals surface area contributed by atoms with E-state index in [1.165, 1.54) is 88.6 Å². The molecule has 12 rings (SSSR count). The summed E-state index contributed by atoms with van der Waals surface area (Å²) >= 11 is 0. The smallest absolute Gasteiger partial charge is 0.0547 e. The number of benzene rings is 9. The number of aromatic nitrogens is 1. The van der Waals surface area contributed by atoms with Crippen LogP contribution in [0.3, 0.4) is 0 Å².